The van der Waals surface area contributed by atoms with Crippen molar-refractivity contribution in [3.8, 4) is 17.5 Å². The van der Waals surface area contributed by atoms with Gasteiger partial charge in [0.2, 0.25) is 0 Å². The van der Waals surface area contributed by atoms with Gasteiger partial charge in [-0.3, -0.25) is 0 Å². The average Bonchev–Trinajstić information content (AvgIpc) is 2.73. The Balaban J connectivity index is 1.54. The zero-order chi connectivity index (χ0) is 19.6. The van der Waals surface area contributed by atoms with Gasteiger partial charge in [-0.05, 0) is 26.1 Å². The molecule has 0 bridgehead atoms. The van der Waals surface area contributed by atoms with Crippen molar-refractivity contribution in [2.75, 3.05) is 57.9 Å². The Morgan fingerprint density at radius 3 is 2.71 bits per heavy atom. The summed E-state index contributed by atoms with van der Waals surface area (Å²) in [5, 5.41) is 6.40. The van der Waals surface area contributed by atoms with Gasteiger partial charge in [-0.25, -0.2) is 15.0 Å². The van der Waals surface area contributed by atoms with Gasteiger partial charge in [0.15, 0.2) is 11.6 Å². The summed E-state index contributed by atoms with van der Waals surface area (Å²) in [6.07, 6.45) is 5.01. The summed E-state index contributed by atoms with van der Waals surface area (Å²) in [6.45, 7) is 6.81. The molecule has 9 nitrogen and oxygen atoms in total. The monoisotopic (exact) mass is 388 g/mol. The second-order valence-corrected chi connectivity index (χ2v) is 6.39. The van der Waals surface area contributed by atoms with E-state index < -0.39 is 0 Å². The van der Waals surface area contributed by atoms with Crippen molar-refractivity contribution < 1.29 is 14.2 Å². The van der Waals surface area contributed by atoms with Crippen LogP contribution >= 0.6 is 0 Å². The van der Waals surface area contributed by atoms with E-state index in [1.54, 1.807) is 18.6 Å². The first-order valence-corrected chi connectivity index (χ1v) is 9.56. The number of likely N-dealkylation sites (N-methyl/N-ethyl adjacent to an activating group) is 1. The lowest BCUT2D eigenvalue weighted by molar-refractivity contribution is 0.200. The molecule has 1 saturated heterocycles. The van der Waals surface area contributed by atoms with E-state index in [0.717, 1.165) is 32.0 Å². The topological polar surface area (TPSA) is 93.7 Å². The van der Waals surface area contributed by atoms with Crippen molar-refractivity contribution in [3.63, 3.8) is 0 Å². The minimum absolute atomic E-state index is 0.330. The Morgan fingerprint density at radius 1 is 1.07 bits per heavy atom. The van der Waals surface area contributed by atoms with E-state index >= 15 is 0 Å². The SMILES string of the molecule is CNCCOc1ncccc1OCCOc1nccnc1N1CCNC[C@H]1C. The molecule has 0 aromatic carbocycles. The van der Waals surface area contributed by atoms with Crippen molar-refractivity contribution in [1.82, 2.24) is 25.6 Å². The van der Waals surface area contributed by atoms with Crippen LogP contribution in [0.5, 0.6) is 17.5 Å². The second kappa shape index (κ2) is 10.6. The fourth-order valence-corrected chi connectivity index (χ4v) is 2.91. The van der Waals surface area contributed by atoms with Gasteiger partial charge in [0, 0.05) is 50.8 Å². The van der Waals surface area contributed by atoms with Crippen LogP contribution in [0.4, 0.5) is 5.82 Å². The molecule has 1 aliphatic heterocycles. The highest BCUT2D eigenvalue weighted by Crippen LogP contribution is 2.26. The molecule has 0 amide bonds. The quantitative estimate of drug-likeness (QED) is 0.571. The van der Waals surface area contributed by atoms with Crippen LogP contribution in [-0.2, 0) is 0 Å². The van der Waals surface area contributed by atoms with Crippen molar-refractivity contribution in [1.29, 1.82) is 0 Å². The van der Waals surface area contributed by atoms with Gasteiger partial charge in [0.1, 0.15) is 19.8 Å². The highest BCUT2D eigenvalue weighted by atomic mass is 16.5. The molecule has 2 aromatic rings. The fraction of sp³-hybridized carbons (Fsp3) is 0.526. The van der Waals surface area contributed by atoms with E-state index in [0.29, 0.717) is 43.4 Å². The summed E-state index contributed by atoms with van der Waals surface area (Å²) in [5.41, 5.74) is 0. The Kier molecular flexibility index (Phi) is 7.62. The summed E-state index contributed by atoms with van der Waals surface area (Å²) in [7, 11) is 1.87. The number of piperazine rings is 1. The molecule has 1 fully saturated rings. The normalized spacial score (nSPS) is 16.6. The van der Waals surface area contributed by atoms with Crippen molar-refractivity contribution in [2.24, 2.45) is 0 Å². The zero-order valence-electron chi connectivity index (χ0n) is 16.4. The lowest BCUT2D eigenvalue weighted by atomic mass is 10.2. The van der Waals surface area contributed by atoms with E-state index in [-0.39, 0.29) is 0 Å². The maximum atomic E-state index is 5.87. The number of hydrogen-bond donors (Lipinski definition) is 2. The molecule has 1 aliphatic rings. The lowest BCUT2D eigenvalue weighted by Crippen LogP contribution is -2.50. The Hall–Kier alpha value is -2.65. The summed E-state index contributed by atoms with van der Waals surface area (Å²) >= 11 is 0. The molecule has 0 saturated carbocycles. The van der Waals surface area contributed by atoms with E-state index in [1.807, 2.05) is 19.2 Å². The Labute approximate surface area is 165 Å². The summed E-state index contributed by atoms with van der Waals surface area (Å²) < 4.78 is 17.3. The number of ether oxygens (including phenoxy) is 3. The molecule has 28 heavy (non-hydrogen) atoms. The highest BCUT2D eigenvalue weighted by molar-refractivity contribution is 5.49. The molecule has 2 N–H and O–H groups in total. The zero-order valence-corrected chi connectivity index (χ0v) is 16.4. The Morgan fingerprint density at radius 2 is 1.86 bits per heavy atom. The van der Waals surface area contributed by atoms with Gasteiger partial charge < -0.3 is 29.7 Å². The first-order valence-electron chi connectivity index (χ1n) is 9.56. The van der Waals surface area contributed by atoms with Gasteiger partial charge in [-0.15, -0.1) is 0 Å². The van der Waals surface area contributed by atoms with Gasteiger partial charge in [0.25, 0.3) is 11.8 Å². The predicted octanol–water partition coefficient (Wildman–Crippen LogP) is 0.726. The maximum Gasteiger partial charge on any atom is 0.257 e. The fourth-order valence-electron chi connectivity index (χ4n) is 2.91. The van der Waals surface area contributed by atoms with Gasteiger partial charge in [0.05, 0.1) is 0 Å². The van der Waals surface area contributed by atoms with Crippen LogP contribution in [0, 0.1) is 0 Å². The van der Waals surface area contributed by atoms with E-state index in [1.165, 1.54) is 0 Å². The first-order chi connectivity index (χ1) is 13.8. The van der Waals surface area contributed by atoms with Crippen molar-refractivity contribution in [2.45, 2.75) is 13.0 Å². The van der Waals surface area contributed by atoms with Gasteiger partial charge in [-0.1, -0.05) is 0 Å². The van der Waals surface area contributed by atoms with Crippen LogP contribution in [0.25, 0.3) is 0 Å². The van der Waals surface area contributed by atoms with Crippen LogP contribution in [0.3, 0.4) is 0 Å². The molecule has 0 radical (unpaired) electrons. The van der Waals surface area contributed by atoms with Crippen molar-refractivity contribution >= 4 is 5.82 Å². The van der Waals surface area contributed by atoms with Gasteiger partial charge >= 0.3 is 0 Å². The molecule has 3 heterocycles. The number of anilines is 1. The van der Waals surface area contributed by atoms with Crippen LogP contribution < -0.4 is 29.7 Å². The third-order valence-electron chi connectivity index (χ3n) is 4.33. The molecule has 9 heteroatoms. The summed E-state index contributed by atoms with van der Waals surface area (Å²) in [5.74, 6) is 2.37. The molecule has 2 aromatic heterocycles. The number of nitrogens with one attached hydrogen (secondary N) is 2. The molecule has 1 atom stereocenters. The predicted molar refractivity (Wildman–Crippen MR) is 106 cm³/mol. The number of aromatic nitrogens is 3. The van der Waals surface area contributed by atoms with E-state index in [9.17, 15) is 0 Å². The molecule has 0 aliphatic carbocycles. The van der Waals surface area contributed by atoms with E-state index in [2.05, 4.69) is 37.4 Å². The summed E-state index contributed by atoms with van der Waals surface area (Å²) in [6, 6.07) is 3.97. The molecular formula is C19H28N6O3. The van der Waals surface area contributed by atoms with Gasteiger partial charge in [-0.2, -0.15) is 0 Å². The second-order valence-electron chi connectivity index (χ2n) is 6.39. The lowest BCUT2D eigenvalue weighted by Gasteiger charge is -2.35. The number of pyridine rings is 1. The third-order valence-corrected chi connectivity index (χ3v) is 4.33. The largest absolute Gasteiger partial charge is 0.484 e. The minimum Gasteiger partial charge on any atom is -0.484 e. The number of hydrogen-bond acceptors (Lipinski definition) is 9. The van der Waals surface area contributed by atoms with Crippen LogP contribution in [0.1, 0.15) is 6.92 Å². The molecule has 0 spiro atoms. The standard InChI is InChI=1S/C19H28N6O3/c1-15-14-21-8-10-25(15)17-19(24-7-6-22-17)28-13-12-26-16-4-3-5-23-18(16)27-11-9-20-2/h3-7,15,20-21H,8-14H2,1-2H3/t15-/m1/s1. The third kappa shape index (κ3) is 5.43. The number of nitrogens with zero attached hydrogens (tertiary/aromatic N) is 4. The highest BCUT2D eigenvalue weighted by Gasteiger charge is 2.23. The Bertz CT molecular complexity index is 732. The average molecular weight is 388 g/mol. The molecular weight excluding hydrogens is 360 g/mol. The number of rotatable bonds is 10. The van der Waals surface area contributed by atoms with Crippen LogP contribution in [0.2, 0.25) is 0 Å². The summed E-state index contributed by atoms with van der Waals surface area (Å²) in [4.78, 5) is 15.3. The first kappa shape index (κ1) is 20.1. The van der Waals surface area contributed by atoms with Crippen LogP contribution in [0.15, 0.2) is 30.7 Å². The van der Waals surface area contributed by atoms with E-state index in [4.69, 9.17) is 14.2 Å². The smallest absolute Gasteiger partial charge is 0.257 e. The molecule has 0 unspecified atom stereocenters. The van der Waals surface area contributed by atoms with Crippen LogP contribution in [-0.4, -0.2) is 74.0 Å². The minimum atomic E-state index is 0.330. The molecule has 3 rings (SSSR count). The van der Waals surface area contributed by atoms with Crippen molar-refractivity contribution in [3.05, 3.63) is 30.7 Å². The molecule has 152 valence electrons. The maximum absolute atomic E-state index is 5.87.